The van der Waals surface area contributed by atoms with E-state index in [0.717, 1.165) is 61.5 Å². The zero-order chi connectivity index (χ0) is 40.1. The van der Waals surface area contributed by atoms with Crippen molar-refractivity contribution in [2.45, 2.75) is 0 Å². The van der Waals surface area contributed by atoms with Gasteiger partial charge >= 0.3 is 0 Å². The van der Waals surface area contributed by atoms with Crippen LogP contribution in [0.4, 0.5) is 0 Å². The van der Waals surface area contributed by atoms with Gasteiger partial charge in [-0.05, 0) is 72.8 Å². The number of benzene rings is 9. The Balaban J connectivity index is 1.09. The van der Waals surface area contributed by atoms with Gasteiger partial charge in [-0.25, -0.2) is 9.97 Å². The van der Waals surface area contributed by atoms with Crippen molar-refractivity contribution >= 4 is 0 Å². The lowest BCUT2D eigenvalue weighted by Gasteiger charge is -2.17. The number of rotatable bonds is 9. The minimum absolute atomic E-state index is 0.683. The molecule has 0 aliphatic rings. The van der Waals surface area contributed by atoms with Gasteiger partial charge in [0.1, 0.15) is 0 Å². The van der Waals surface area contributed by atoms with Gasteiger partial charge in [0.2, 0.25) is 0 Å². The zero-order valence-electron chi connectivity index (χ0n) is 33.0. The van der Waals surface area contributed by atoms with Gasteiger partial charge in [0, 0.05) is 16.7 Å². The van der Waals surface area contributed by atoms with Crippen LogP contribution in [0.2, 0.25) is 0 Å². The summed E-state index contributed by atoms with van der Waals surface area (Å²) in [7, 11) is 0. The highest BCUT2D eigenvalue weighted by molar-refractivity contribution is 5.94. The lowest BCUT2D eigenvalue weighted by Crippen LogP contribution is -1.98. The van der Waals surface area contributed by atoms with Gasteiger partial charge < -0.3 is 0 Å². The van der Waals surface area contributed by atoms with Gasteiger partial charge in [-0.15, -0.1) is 0 Å². The fourth-order valence-electron chi connectivity index (χ4n) is 8.21. The second-order valence-electron chi connectivity index (χ2n) is 14.9. The van der Waals surface area contributed by atoms with Crippen molar-refractivity contribution in [3.63, 3.8) is 0 Å². The summed E-state index contributed by atoms with van der Waals surface area (Å²) >= 11 is 0. The van der Waals surface area contributed by atoms with E-state index in [1.165, 1.54) is 33.4 Å². The van der Waals surface area contributed by atoms with Crippen molar-refractivity contribution in [1.82, 2.24) is 9.97 Å². The monoisotopic (exact) mass is 764 g/mol. The molecule has 0 saturated heterocycles. The Morgan fingerprint density at radius 3 is 0.800 bits per heavy atom. The summed E-state index contributed by atoms with van der Waals surface area (Å²) in [6, 6.07) is 85.9. The van der Waals surface area contributed by atoms with E-state index >= 15 is 0 Å². The molecule has 0 amide bonds. The molecule has 1 heterocycles. The molecule has 0 fully saturated rings. The first-order valence-corrected chi connectivity index (χ1v) is 20.4. The number of hydrogen-bond donors (Lipinski definition) is 0. The van der Waals surface area contributed by atoms with Gasteiger partial charge in [-0.2, -0.15) is 0 Å². The molecular formula is C58H40N2. The summed E-state index contributed by atoms with van der Waals surface area (Å²) < 4.78 is 0. The van der Waals surface area contributed by atoms with E-state index in [1.807, 2.05) is 18.2 Å². The topological polar surface area (TPSA) is 25.8 Å². The van der Waals surface area contributed by atoms with Crippen molar-refractivity contribution in [3.8, 4) is 101 Å². The molecule has 0 aliphatic heterocycles. The molecule has 282 valence electrons. The molecule has 9 aromatic carbocycles. The molecule has 2 heteroatoms. The molecule has 0 N–H and O–H groups in total. The Bertz CT molecular complexity index is 2860. The lowest BCUT2D eigenvalue weighted by molar-refractivity contribution is 1.18. The molecule has 2 nitrogen and oxygen atoms in total. The summed E-state index contributed by atoms with van der Waals surface area (Å²) in [5.41, 5.74) is 18.8. The highest BCUT2D eigenvalue weighted by Gasteiger charge is 2.19. The second kappa shape index (κ2) is 16.5. The van der Waals surface area contributed by atoms with Crippen LogP contribution in [0, 0.1) is 0 Å². The van der Waals surface area contributed by atoms with E-state index in [0.29, 0.717) is 5.82 Å². The summed E-state index contributed by atoms with van der Waals surface area (Å²) in [5, 5.41) is 0. The molecule has 1 aromatic heterocycles. The summed E-state index contributed by atoms with van der Waals surface area (Å²) in [6.07, 6.45) is 0. The SMILES string of the molecule is c1ccc(-c2ccc(-c3ccccc3-c3ccccc3-c3cc(-c4ccccc4-c4ccccc4-c4ccc(-c5ccccc5)cc4)nc(-c4ccccc4)n3)cc2)cc1. The molecule has 0 saturated carbocycles. The Morgan fingerprint density at radius 2 is 0.433 bits per heavy atom. The van der Waals surface area contributed by atoms with Crippen LogP contribution < -0.4 is 0 Å². The van der Waals surface area contributed by atoms with E-state index in [2.05, 4.69) is 224 Å². The highest BCUT2D eigenvalue weighted by Crippen LogP contribution is 2.42. The van der Waals surface area contributed by atoms with Crippen molar-refractivity contribution in [2.24, 2.45) is 0 Å². The van der Waals surface area contributed by atoms with Crippen LogP contribution in [0.15, 0.2) is 243 Å². The standard InChI is InChI=1S/C58H40N2/c1-4-18-41(19-5-1)43-32-36-45(37-33-43)48-24-10-12-26-50(48)52-28-14-16-30-54(52)56-40-57(60-58(59-56)47-22-8-3-9-23-47)55-31-17-15-29-53(55)51-27-13-11-25-49(51)46-38-34-44(35-39-46)42-20-6-2-7-21-42/h1-40H. The third kappa shape index (κ3) is 7.35. The predicted molar refractivity (Wildman–Crippen MR) is 251 cm³/mol. The maximum atomic E-state index is 5.32. The normalized spacial score (nSPS) is 11.0. The number of hydrogen-bond acceptors (Lipinski definition) is 2. The molecule has 10 aromatic rings. The van der Waals surface area contributed by atoms with E-state index < -0.39 is 0 Å². The summed E-state index contributed by atoms with van der Waals surface area (Å²) in [4.78, 5) is 10.6. The predicted octanol–water partition coefficient (Wildman–Crippen LogP) is 15.5. The first kappa shape index (κ1) is 36.4. The number of aromatic nitrogens is 2. The largest absolute Gasteiger partial charge is 0.228 e. The molecule has 0 unspecified atom stereocenters. The van der Waals surface area contributed by atoms with Gasteiger partial charge in [0.15, 0.2) is 5.82 Å². The average Bonchev–Trinajstić information content (AvgIpc) is 3.35. The van der Waals surface area contributed by atoms with Crippen LogP contribution in [-0.2, 0) is 0 Å². The first-order chi connectivity index (χ1) is 29.8. The molecule has 0 spiro atoms. The van der Waals surface area contributed by atoms with Gasteiger partial charge in [-0.1, -0.05) is 237 Å². The van der Waals surface area contributed by atoms with Crippen molar-refractivity contribution in [3.05, 3.63) is 243 Å². The second-order valence-corrected chi connectivity index (χ2v) is 14.9. The quantitative estimate of drug-likeness (QED) is 0.146. The third-order valence-electron chi connectivity index (χ3n) is 11.2. The third-order valence-corrected chi connectivity index (χ3v) is 11.2. The van der Waals surface area contributed by atoms with E-state index in [4.69, 9.17) is 9.97 Å². The van der Waals surface area contributed by atoms with Gasteiger partial charge in [0.25, 0.3) is 0 Å². The smallest absolute Gasteiger partial charge is 0.160 e. The summed E-state index contributed by atoms with van der Waals surface area (Å²) in [6.45, 7) is 0. The van der Waals surface area contributed by atoms with Crippen LogP contribution in [0.1, 0.15) is 0 Å². The molecule has 0 radical (unpaired) electrons. The molecule has 0 aliphatic carbocycles. The molecular weight excluding hydrogens is 725 g/mol. The molecule has 60 heavy (non-hydrogen) atoms. The minimum Gasteiger partial charge on any atom is -0.228 e. The molecule has 0 bridgehead atoms. The summed E-state index contributed by atoms with van der Waals surface area (Å²) in [5.74, 6) is 0.683. The zero-order valence-corrected chi connectivity index (χ0v) is 33.0. The van der Waals surface area contributed by atoms with E-state index in [1.54, 1.807) is 0 Å². The van der Waals surface area contributed by atoms with Crippen molar-refractivity contribution in [2.75, 3.05) is 0 Å². The van der Waals surface area contributed by atoms with E-state index in [-0.39, 0.29) is 0 Å². The maximum absolute atomic E-state index is 5.32. The lowest BCUT2D eigenvalue weighted by atomic mass is 9.89. The van der Waals surface area contributed by atoms with Crippen LogP contribution >= 0.6 is 0 Å². The van der Waals surface area contributed by atoms with Crippen LogP contribution in [0.5, 0.6) is 0 Å². The Labute approximate surface area is 351 Å². The van der Waals surface area contributed by atoms with Crippen LogP contribution in [0.25, 0.3) is 101 Å². The Hall–Kier alpha value is -7.94. The molecule has 10 rings (SSSR count). The minimum atomic E-state index is 0.683. The fourth-order valence-corrected chi connectivity index (χ4v) is 8.21. The fraction of sp³-hybridized carbons (Fsp3) is 0. The average molecular weight is 765 g/mol. The molecule has 0 atom stereocenters. The van der Waals surface area contributed by atoms with Gasteiger partial charge in [-0.3, -0.25) is 0 Å². The number of nitrogens with zero attached hydrogens (tertiary/aromatic N) is 2. The van der Waals surface area contributed by atoms with Gasteiger partial charge in [0.05, 0.1) is 11.4 Å². The van der Waals surface area contributed by atoms with Crippen molar-refractivity contribution in [1.29, 1.82) is 0 Å². The Kier molecular flexibility index (Phi) is 10.0. The van der Waals surface area contributed by atoms with Crippen LogP contribution in [0.3, 0.4) is 0 Å². The maximum Gasteiger partial charge on any atom is 0.160 e. The first-order valence-electron chi connectivity index (χ1n) is 20.4. The van der Waals surface area contributed by atoms with Crippen molar-refractivity contribution < 1.29 is 0 Å². The highest BCUT2D eigenvalue weighted by atomic mass is 14.9. The Morgan fingerprint density at radius 1 is 0.183 bits per heavy atom. The van der Waals surface area contributed by atoms with E-state index in [9.17, 15) is 0 Å². The van der Waals surface area contributed by atoms with Crippen LogP contribution in [-0.4, -0.2) is 9.97 Å².